The van der Waals surface area contributed by atoms with Crippen molar-refractivity contribution in [3.8, 4) is 22.8 Å². The minimum absolute atomic E-state index is 0.538. The molecule has 2 aromatic carbocycles. The number of anilines is 1. The Morgan fingerprint density at radius 1 is 1.04 bits per heavy atom. The highest BCUT2D eigenvalue weighted by Crippen LogP contribution is 2.30. The van der Waals surface area contributed by atoms with Gasteiger partial charge in [-0.05, 0) is 40.8 Å². The molecular weight excluding hydrogens is 304 g/mol. The number of tetrazole rings is 1. The van der Waals surface area contributed by atoms with Crippen molar-refractivity contribution in [2.75, 3.05) is 12.8 Å². The second-order valence-electron chi connectivity index (χ2n) is 5.22. The van der Waals surface area contributed by atoms with Crippen LogP contribution in [0.25, 0.3) is 28.0 Å². The van der Waals surface area contributed by atoms with Crippen molar-refractivity contribution >= 4 is 16.6 Å². The molecule has 2 aromatic heterocycles. The summed E-state index contributed by atoms with van der Waals surface area (Å²) in [5.41, 5.74) is 9.27. The van der Waals surface area contributed by atoms with E-state index in [-0.39, 0.29) is 0 Å². The monoisotopic (exact) mass is 318 g/mol. The van der Waals surface area contributed by atoms with Gasteiger partial charge >= 0.3 is 0 Å². The molecule has 0 bridgehead atoms. The second kappa shape index (κ2) is 5.62. The summed E-state index contributed by atoms with van der Waals surface area (Å²) >= 11 is 0. The summed E-state index contributed by atoms with van der Waals surface area (Å²) in [7, 11) is 1.62. The highest BCUT2D eigenvalue weighted by molar-refractivity contribution is 5.96. The lowest BCUT2D eigenvalue weighted by Gasteiger charge is -2.09. The molecule has 0 fully saturated rings. The highest BCUT2D eigenvalue weighted by Gasteiger charge is 2.16. The van der Waals surface area contributed by atoms with E-state index >= 15 is 0 Å². The van der Waals surface area contributed by atoms with Gasteiger partial charge in [0.25, 0.3) is 0 Å². The summed E-state index contributed by atoms with van der Waals surface area (Å²) in [6.07, 6.45) is 1.70. The van der Waals surface area contributed by atoms with E-state index in [1.54, 1.807) is 18.0 Å². The SMILES string of the molecule is COc1ccc(-n2nnnc2-c2cnc3ccccc3c2N)cc1. The Hall–Kier alpha value is -3.48. The quantitative estimate of drug-likeness (QED) is 0.624. The van der Waals surface area contributed by atoms with E-state index in [2.05, 4.69) is 20.5 Å². The van der Waals surface area contributed by atoms with E-state index in [4.69, 9.17) is 10.5 Å². The Bertz CT molecular complexity index is 1010. The maximum atomic E-state index is 6.33. The molecule has 2 N–H and O–H groups in total. The van der Waals surface area contributed by atoms with Gasteiger partial charge in [0.15, 0.2) is 5.82 Å². The molecule has 0 spiro atoms. The van der Waals surface area contributed by atoms with Gasteiger partial charge in [0, 0.05) is 11.6 Å². The molecule has 0 radical (unpaired) electrons. The second-order valence-corrected chi connectivity index (χ2v) is 5.22. The Balaban J connectivity index is 1.86. The maximum absolute atomic E-state index is 6.33. The van der Waals surface area contributed by atoms with Crippen molar-refractivity contribution in [2.24, 2.45) is 0 Å². The van der Waals surface area contributed by atoms with Crippen LogP contribution >= 0.6 is 0 Å². The minimum Gasteiger partial charge on any atom is -0.497 e. The Labute approximate surface area is 137 Å². The van der Waals surface area contributed by atoms with Gasteiger partial charge in [0.05, 0.1) is 29.6 Å². The molecule has 2 heterocycles. The molecule has 0 saturated heterocycles. The van der Waals surface area contributed by atoms with Crippen LogP contribution in [0.3, 0.4) is 0 Å². The number of pyridine rings is 1. The van der Waals surface area contributed by atoms with Crippen molar-refractivity contribution < 1.29 is 4.74 Å². The number of hydrogen-bond acceptors (Lipinski definition) is 6. The summed E-state index contributed by atoms with van der Waals surface area (Å²) in [5.74, 6) is 1.30. The van der Waals surface area contributed by atoms with Crippen molar-refractivity contribution in [1.82, 2.24) is 25.2 Å². The van der Waals surface area contributed by atoms with Crippen LogP contribution in [0.15, 0.2) is 54.7 Å². The van der Waals surface area contributed by atoms with Crippen LogP contribution in [0.5, 0.6) is 5.75 Å². The molecule has 0 aliphatic carbocycles. The third kappa shape index (κ3) is 2.23. The minimum atomic E-state index is 0.538. The highest BCUT2D eigenvalue weighted by atomic mass is 16.5. The van der Waals surface area contributed by atoms with Gasteiger partial charge in [-0.3, -0.25) is 4.98 Å². The van der Waals surface area contributed by atoms with E-state index in [0.717, 1.165) is 22.3 Å². The summed E-state index contributed by atoms with van der Waals surface area (Å²) in [6.45, 7) is 0. The lowest BCUT2D eigenvalue weighted by molar-refractivity contribution is 0.414. The van der Waals surface area contributed by atoms with Crippen LogP contribution < -0.4 is 10.5 Å². The third-order valence-electron chi connectivity index (χ3n) is 3.84. The van der Waals surface area contributed by atoms with Crippen LogP contribution in [0.1, 0.15) is 0 Å². The maximum Gasteiger partial charge on any atom is 0.190 e. The molecule has 4 rings (SSSR count). The lowest BCUT2D eigenvalue weighted by atomic mass is 10.1. The topological polar surface area (TPSA) is 91.7 Å². The van der Waals surface area contributed by atoms with E-state index in [1.165, 1.54) is 0 Å². The average molecular weight is 318 g/mol. The first-order valence-electron chi connectivity index (χ1n) is 7.34. The third-order valence-corrected chi connectivity index (χ3v) is 3.84. The number of nitrogens with two attached hydrogens (primary N) is 1. The fourth-order valence-electron chi connectivity index (χ4n) is 2.59. The molecule has 7 nitrogen and oxygen atoms in total. The number of benzene rings is 2. The first kappa shape index (κ1) is 14.1. The number of ether oxygens (including phenoxy) is 1. The predicted octanol–water partition coefficient (Wildman–Crippen LogP) is 2.47. The molecule has 0 unspecified atom stereocenters. The smallest absolute Gasteiger partial charge is 0.190 e. The molecule has 24 heavy (non-hydrogen) atoms. The van der Waals surface area contributed by atoms with Crippen molar-refractivity contribution in [3.63, 3.8) is 0 Å². The zero-order chi connectivity index (χ0) is 16.5. The number of para-hydroxylation sites is 1. The first-order valence-corrected chi connectivity index (χ1v) is 7.34. The Morgan fingerprint density at radius 2 is 1.83 bits per heavy atom. The number of rotatable bonds is 3. The first-order chi connectivity index (χ1) is 11.8. The summed E-state index contributed by atoms with van der Waals surface area (Å²) in [5, 5.41) is 12.9. The van der Waals surface area contributed by atoms with Crippen LogP contribution in [-0.2, 0) is 0 Å². The number of nitrogens with zero attached hydrogens (tertiary/aromatic N) is 5. The normalized spacial score (nSPS) is 10.9. The van der Waals surface area contributed by atoms with Crippen molar-refractivity contribution in [3.05, 3.63) is 54.7 Å². The van der Waals surface area contributed by atoms with Gasteiger partial charge < -0.3 is 10.5 Å². The van der Waals surface area contributed by atoms with Gasteiger partial charge in [-0.1, -0.05) is 18.2 Å². The van der Waals surface area contributed by atoms with Gasteiger partial charge in [0.1, 0.15) is 5.75 Å². The van der Waals surface area contributed by atoms with Gasteiger partial charge in [-0.25, -0.2) is 0 Å². The van der Waals surface area contributed by atoms with E-state index < -0.39 is 0 Å². The summed E-state index contributed by atoms with van der Waals surface area (Å²) in [6, 6.07) is 15.2. The standard InChI is InChI=1S/C17H14N6O/c1-24-12-8-6-11(7-9-12)23-17(20-21-22-23)14-10-19-15-5-3-2-4-13(15)16(14)18/h2-10H,1H3,(H2,18,19). The molecule has 0 amide bonds. The zero-order valence-electron chi connectivity index (χ0n) is 12.9. The van der Waals surface area contributed by atoms with Crippen LogP contribution in [0.2, 0.25) is 0 Å². The molecule has 0 atom stereocenters. The van der Waals surface area contributed by atoms with Crippen LogP contribution in [0.4, 0.5) is 5.69 Å². The molecule has 0 aliphatic rings. The summed E-state index contributed by atoms with van der Waals surface area (Å²) < 4.78 is 6.80. The molecule has 4 aromatic rings. The summed E-state index contributed by atoms with van der Waals surface area (Å²) in [4.78, 5) is 4.45. The molecule has 7 heteroatoms. The Morgan fingerprint density at radius 3 is 2.62 bits per heavy atom. The zero-order valence-corrected chi connectivity index (χ0v) is 12.9. The largest absolute Gasteiger partial charge is 0.497 e. The number of nitrogen functional groups attached to an aromatic ring is 1. The molecule has 0 saturated carbocycles. The predicted molar refractivity (Wildman–Crippen MR) is 90.9 cm³/mol. The number of methoxy groups -OCH3 is 1. The number of fused-ring (bicyclic) bond motifs is 1. The van der Waals surface area contributed by atoms with E-state index in [9.17, 15) is 0 Å². The molecular formula is C17H14N6O. The van der Waals surface area contributed by atoms with Crippen molar-refractivity contribution in [1.29, 1.82) is 0 Å². The Kier molecular flexibility index (Phi) is 3.31. The van der Waals surface area contributed by atoms with Gasteiger partial charge in [0.2, 0.25) is 0 Å². The van der Waals surface area contributed by atoms with E-state index in [1.807, 2.05) is 48.5 Å². The lowest BCUT2D eigenvalue weighted by Crippen LogP contribution is -2.02. The number of hydrogen-bond donors (Lipinski definition) is 1. The van der Waals surface area contributed by atoms with Crippen LogP contribution in [0, 0.1) is 0 Å². The van der Waals surface area contributed by atoms with Crippen LogP contribution in [-0.4, -0.2) is 32.3 Å². The number of aromatic nitrogens is 5. The van der Waals surface area contributed by atoms with Gasteiger partial charge in [-0.2, -0.15) is 4.68 Å². The van der Waals surface area contributed by atoms with E-state index in [0.29, 0.717) is 17.1 Å². The fourth-order valence-corrected chi connectivity index (χ4v) is 2.59. The molecule has 118 valence electrons. The average Bonchev–Trinajstić information content (AvgIpc) is 3.12. The van der Waals surface area contributed by atoms with Crippen molar-refractivity contribution in [2.45, 2.75) is 0 Å². The fraction of sp³-hybridized carbons (Fsp3) is 0.0588. The molecule has 0 aliphatic heterocycles. The van der Waals surface area contributed by atoms with Gasteiger partial charge in [-0.15, -0.1) is 5.10 Å².